The zero-order chi connectivity index (χ0) is 11.1. The Labute approximate surface area is 91.3 Å². The van der Waals surface area contributed by atoms with E-state index in [0.717, 1.165) is 19.4 Å². The Hall–Kier alpha value is -0.610. The molecule has 1 aliphatic rings. The predicted octanol–water partition coefficient (Wildman–Crippen LogP) is 0.954. The zero-order valence-electron chi connectivity index (χ0n) is 9.62. The molecule has 1 fully saturated rings. The van der Waals surface area contributed by atoms with Gasteiger partial charge >= 0.3 is 5.97 Å². The molecule has 0 aromatic carbocycles. The Morgan fingerprint density at radius 2 is 2.47 bits per heavy atom. The first-order valence-electron chi connectivity index (χ1n) is 5.73. The number of carbonyl (C=O) groups is 1. The number of hydrogen-bond donors (Lipinski definition) is 1. The summed E-state index contributed by atoms with van der Waals surface area (Å²) in [6, 6.07) is 0. The number of ether oxygens (including phenoxy) is 2. The first-order valence-corrected chi connectivity index (χ1v) is 5.73. The monoisotopic (exact) mass is 215 g/mol. The minimum atomic E-state index is -0.410. The summed E-state index contributed by atoms with van der Waals surface area (Å²) >= 11 is 0. The Balaban J connectivity index is 2.16. The molecule has 0 aliphatic carbocycles. The SMILES string of the molecule is CCCC(C)COC(=O)C1CNCCO1. The lowest BCUT2D eigenvalue weighted by atomic mass is 10.1. The maximum atomic E-state index is 11.5. The summed E-state index contributed by atoms with van der Waals surface area (Å²) in [6.45, 7) is 6.71. The summed E-state index contributed by atoms with van der Waals surface area (Å²) < 4.78 is 10.5. The van der Waals surface area contributed by atoms with E-state index in [1.807, 2.05) is 0 Å². The van der Waals surface area contributed by atoms with Gasteiger partial charge in [0.1, 0.15) is 0 Å². The molecule has 1 rings (SSSR count). The lowest BCUT2D eigenvalue weighted by molar-refractivity contribution is -0.159. The van der Waals surface area contributed by atoms with E-state index < -0.39 is 6.10 Å². The molecule has 0 amide bonds. The van der Waals surface area contributed by atoms with Crippen LogP contribution in [0.2, 0.25) is 0 Å². The van der Waals surface area contributed by atoms with E-state index in [1.165, 1.54) is 0 Å². The Morgan fingerprint density at radius 1 is 1.67 bits per heavy atom. The molecule has 1 saturated heterocycles. The molecule has 0 aromatic heterocycles. The van der Waals surface area contributed by atoms with Crippen molar-refractivity contribution in [2.24, 2.45) is 5.92 Å². The third kappa shape index (κ3) is 4.62. The van der Waals surface area contributed by atoms with Gasteiger partial charge in [0.05, 0.1) is 13.2 Å². The van der Waals surface area contributed by atoms with Crippen LogP contribution in [0.1, 0.15) is 26.7 Å². The van der Waals surface area contributed by atoms with Crippen molar-refractivity contribution in [3.8, 4) is 0 Å². The second-order valence-corrected chi connectivity index (χ2v) is 4.09. The number of esters is 1. The molecule has 88 valence electrons. The van der Waals surface area contributed by atoms with Gasteiger partial charge in [0.25, 0.3) is 0 Å². The van der Waals surface area contributed by atoms with Crippen LogP contribution in [-0.2, 0) is 14.3 Å². The lowest BCUT2D eigenvalue weighted by Gasteiger charge is -2.22. The molecule has 2 atom stereocenters. The van der Waals surface area contributed by atoms with Crippen molar-refractivity contribution in [1.29, 1.82) is 0 Å². The maximum absolute atomic E-state index is 11.5. The summed E-state index contributed by atoms with van der Waals surface area (Å²) in [7, 11) is 0. The summed E-state index contributed by atoms with van der Waals surface area (Å²) in [5.74, 6) is 0.209. The lowest BCUT2D eigenvalue weighted by Crippen LogP contribution is -2.44. The van der Waals surface area contributed by atoms with Gasteiger partial charge in [-0.3, -0.25) is 0 Å². The van der Waals surface area contributed by atoms with E-state index in [2.05, 4.69) is 19.2 Å². The minimum absolute atomic E-state index is 0.231. The zero-order valence-corrected chi connectivity index (χ0v) is 9.62. The van der Waals surface area contributed by atoms with Gasteiger partial charge in [0.2, 0.25) is 0 Å². The van der Waals surface area contributed by atoms with Crippen LogP contribution in [0, 0.1) is 5.92 Å². The quantitative estimate of drug-likeness (QED) is 0.694. The largest absolute Gasteiger partial charge is 0.463 e. The molecule has 1 heterocycles. The van der Waals surface area contributed by atoms with Crippen molar-refractivity contribution in [2.45, 2.75) is 32.8 Å². The van der Waals surface area contributed by atoms with Crippen LogP contribution in [0.3, 0.4) is 0 Å². The highest BCUT2D eigenvalue weighted by Crippen LogP contribution is 2.07. The van der Waals surface area contributed by atoms with Crippen molar-refractivity contribution in [3.63, 3.8) is 0 Å². The van der Waals surface area contributed by atoms with Gasteiger partial charge in [-0.2, -0.15) is 0 Å². The fourth-order valence-corrected chi connectivity index (χ4v) is 1.61. The summed E-state index contributed by atoms with van der Waals surface area (Å²) in [4.78, 5) is 11.5. The molecule has 1 N–H and O–H groups in total. The third-order valence-electron chi connectivity index (χ3n) is 2.48. The van der Waals surface area contributed by atoms with Crippen LogP contribution in [0.5, 0.6) is 0 Å². The molecule has 0 spiro atoms. The first-order chi connectivity index (χ1) is 7.24. The number of rotatable bonds is 5. The van der Waals surface area contributed by atoms with Gasteiger partial charge in [-0.15, -0.1) is 0 Å². The third-order valence-corrected chi connectivity index (χ3v) is 2.48. The smallest absolute Gasteiger partial charge is 0.336 e. The van der Waals surface area contributed by atoms with Crippen molar-refractivity contribution < 1.29 is 14.3 Å². The summed E-state index contributed by atoms with van der Waals surface area (Å²) in [6.07, 6.45) is 1.81. The molecule has 0 aromatic rings. The Bertz CT molecular complexity index is 190. The van der Waals surface area contributed by atoms with Crippen molar-refractivity contribution >= 4 is 5.97 Å². The standard InChI is InChI=1S/C11H21NO3/c1-3-4-9(2)8-15-11(13)10-7-12-5-6-14-10/h9-10,12H,3-8H2,1-2H3. The Kier molecular flexibility index (Phi) is 5.65. The molecule has 0 bridgehead atoms. The molecule has 0 radical (unpaired) electrons. The van der Waals surface area contributed by atoms with Gasteiger partial charge in [-0.05, 0) is 12.3 Å². The van der Waals surface area contributed by atoms with Crippen LogP contribution in [0.15, 0.2) is 0 Å². The number of morpholine rings is 1. The van der Waals surface area contributed by atoms with Gasteiger partial charge < -0.3 is 14.8 Å². The molecule has 4 heteroatoms. The topological polar surface area (TPSA) is 47.6 Å². The Morgan fingerprint density at radius 3 is 3.07 bits per heavy atom. The van der Waals surface area contributed by atoms with Gasteiger partial charge in [-0.1, -0.05) is 20.3 Å². The molecule has 2 unspecified atom stereocenters. The summed E-state index contributed by atoms with van der Waals surface area (Å²) in [5.41, 5.74) is 0. The number of carbonyl (C=O) groups excluding carboxylic acids is 1. The van der Waals surface area contributed by atoms with Crippen LogP contribution in [-0.4, -0.2) is 38.4 Å². The highest BCUT2D eigenvalue weighted by molar-refractivity contribution is 5.75. The second kappa shape index (κ2) is 6.80. The van der Waals surface area contributed by atoms with E-state index >= 15 is 0 Å². The average Bonchev–Trinajstić information content (AvgIpc) is 2.27. The van der Waals surface area contributed by atoms with Crippen LogP contribution in [0.25, 0.3) is 0 Å². The highest BCUT2D eigenvalue weighted by atomic mass is 16.6. The first kappa shape index (κ1) is 12.5. The van der Waals surface area contributed by atoms with E-state index in [0.29, 0.717) is 25.7 Å². The normalized spacial score (nSPS) is 23.5. The maximum Gasteiger partial charge on any atom is 0.336 e. The molecule has 1 aliphatic heterocycles. The minimum Gasteiger partial charge on any atom is -0.463 e. The fraction of sp³-hybridized carbons (Fsp3) is 0.909. The molecule has 4 nitrogen and oxygen atoms in total. The van der Waals surface area contributed by atoms with E-state index in [1.54, 1.807) is 0 Å². The number of hydrogen-bond acceptors (Lipinski definition) is 4. The van der Waals surface area contributed by atoms with E-state index in [-0.39, 0.29) is 5.97 Å². The average molecular weight is 215 g/mol. The highest BCUT2D eigenvalue weighted by Gasteiger charge is 2.23. The van der Waals surface area contributed by atoms with Crippen molar-refractivity contribution in [2.75, 3.05) is 26.3 Å². The van der Waals surface area contributed by atoms with E-state index in [9.17, 15) is 4.79 Å². The van der Waals surface area contributed by atoms with Crippen LogP contribution in [0.4, 0.5) is 0 Å². The van der Waals surface area contributed by atoms with Crippen LogP contribution >= 0.6 is 0 Å². The van der Waals surface area contributed by atoms with Gasteiger partial charge in [0.15, 0.2) is 6.10 Å². The van der Waals surface area contributed by atoms with Crippen LogP contribution < -0.4 is 5.32 Å². The molecular formula is C11H21NO3. The van der Waals surface area contributed by atoms with Gasteiger partial charge in [0, 0.05) is 13.1 Å². The predicted molar refractivity (Wildman–Crippen MR) is 57.6 cm³/mol. The number of nitrogens with one attached hydrogen (secondary N) is 1. The summed E-state index contributed by atoms with van der Waals surface area (Å²) in [5, 5.41) is 3.10. The molecule has 15 heavy (non-hydrogen) atoms. The second-order valence-electron chi connectivity index (χ2n) is 4.09. The fourth-order valence-electron chi connectivity index (χ4n) is 1.61. The van der Waals surface area contributed by atoms with Crippen molar-refractivity contribution in [1.82, 2.24) is 5.32 Å². The molecular weight excluding hydrogens is 194 g/mol. The molecule has 0 saturated carbocycles. The van der Waals surface area contributed by atoms with Gasteiger partial charge in [-0.25, -0.2) is 4.79 Å². The van der Waals surface area contributed by atoms with E-state index in [4.69, 9.17) is 9.47 Å². The van der Waals surface area contributed by atoms with Crippen molar-refractivity contribution in [3.05, 3.63) is 0 Å².